The molecule has 0 aromatic heterocycles. The third-order valence-electron chi connectivity index (χ3n) is 3.59. The van der Waals surface area contributed by atoms with Crippen LogP contribution in [0, 0.1) is 0 Å². The van der Waals surface area contributed by atoms with Gasteiger partial charge in [0.2, 0.25) is 0 Å². The second-order valence-electron chi connectivity index (χ2n) is 4.44. The molecular weight excluding hydrogens is 152 g/mol. The van der Waals surface area contributed by atoms with Gasteiger partial charge in [0.1, 0.15) is 0 Å². The van der Waals surface area contributed by atoms with Crippen LogP contribution in [-0.4, -0.2) is 61.3 Å². The Labute approximate surface area is 73.3 Å². The topological polar surface area (TPSA) is 15.7 Å². The highest BCUT2D eigenvalue weighted by atomic mass is 16.5. The van der Waals surface area contributed by atoms with Crippen molar-refractivity contribution in [3.8, 4) is 0 Å². The number of ether oxygens (including phenoxy) is 1. The SMILES string of the molecule is CN(C)[C@@H]1C2[C@@H]3CCN2C[C@@H]1O3. The summed E-state index contributed by atoms with van der Waals surface area (Å²) in [6.07, 6.45) is 2.31. The fourth-order valence-corrected chi connectivity index (χ4v) is 3.19. The first-order valence-electron chi connectivity index (χ1n) is 4.83. The Morgan fingerprint density at radius 3 is 2.75 bits per heavy atom. The average Bonchev–Trinajstić information content (AvgIpc) is 2.54. The molecule has 0 spiro atoms. The third kappa shape index (κ3) is 0.721. The number of nitrogens with zero attached hydrogens (tertiary/aromatic N) is 2. The van der Waals surface area contributed by atoms with Gasteiger partial charge in [-0.15, -0.1) is 0 Å². The highest BCUT2D eigenvalue weighted by Crippen LogP contribution is 2.41. The van der Waals surface area contributed by atoms with Crippen LogP contribution in [0.25, 0.3) is 0 Å². The van der Waals surface area contributed by atoms with Gasteiger partial charge in [0.25, 0.3) is 0 Å². The molecule has 0 aromatic carbocycles. The van der Waals surface area contributed by atoms with Crippen LogP contribution in [0.1, 0.15) is 6.42 Å². The van der Waals surface area contributed by atoms with Gasteiger partial charge in [-0.3, -0.25) is 4.90 Å². The highest BCUT2D eigenvalue weighted by Gasteiger charge is 2.57. The van der Waals surface area contributed by atoms with Gasteiger partial charge in [0, 0.05) is 13.1 Å². The number of likely N-dealkylation sites (N-methyl/N-ethyl adjacent to an activating group) is 1. The Morgan fingerprint density at radius 2 is 2.17 bits per heavy atom. The molecule has 0 aliphatic carbocycles. The van der Waals surface area contributed by atoms with Crippen molar-refractivity contribution in [3.05, 3.63) is 0 Å². The van der Waals surface area contributed by atoms with Crippen LogP contribution in [0.4, 0.5) is 0 Å². The molecule has 3 saturated heterocycles. The van der Waals surface area contributed by atoms with E-state index in [2.05, 4.69) is 23.9 Å². The van der Waals surface area contributed by atoms with Crippen LogP contribution in [-0.2, 0) is 4.74 Å². The molecule has 0 amide bonds. The summed E-state index contributed by atoms with van der Waals surface area (Å²) in [7, 11) is 4.34. The van der Waals surface area contributed by atoms with E-state index < -0.39 is 0 Å². The molecule has 2 bridgehead atoms. The van der Waals surface area contributed by atoms with Crippen molar-refractivity contribution in [3.63, 3.8) is 0 Å². The number of rotatable bonds is 1. The molecule has 1 unspecified atom stereocenters. The number of hydrogen-bond acceptors (Lipinski definition) is 3. The van der Waals surface area contributed by atoms with Gasteiger partial charge in [-0.25, -0.2) is 0 Å². The summed E-state index contributed by atoms with van der Waals surface area (Å²) < 4.78 is 5.94. The molecule has 3 rings (SSSR count). The molecule has 3 heteroatoms. The Bertz CT molecular complexity index is 193. The summed E-state index contributed by atoms with van der Waals surface area (Å²) in [5.41, 5.74) is 0. The molecule has 0 saturated carbocycles. The molecular formula is C9H16N2O. The Hall–Kier alpha value is -0.120. The van der Waals surface area contributed by atoms with E-state index in [-0.39, 0.29) is 0 Å². The number of hydrogen-bond donors (Lipinski definition) is 0. The lowest BCUT2D eigenvalue weighted by molar-refractivity contribution is 0.00583. The van der Waals surface area contributed by atoms with Crippen molar-refractivity contribution in [2.75, 3.05) is 27.2 Å². The maximum Gasteiger partial charge on any atom is 0.0877 e. The molecule has 0 aromatic rings. The van der Waals surface area contributed by atoms with E-state index in [1.807, 2.05) is 0 Å². The Morgan fingerprint density at radius 1 is 1.33 bits per heavy atom. The summed E-state index contributed by atoms with van der Waals surface area (Å²) in [6.45, 7) is 2.43. The summed E-state index contributed by atoms with van der Waals surface area (Å²) >= 11 is 0. The van der Waals surface area contributed by atoms with Crippen LogP contribution in [0.2, 0.25) is 0 Å². The van der Waals surface area contributed by atoms with Crippen LogP contribution in [0.5, 0.6) is 0 Å². The summed E-state index contributed by atoms with van der Waals surface area (Å²) in [5, 5.41) is 0. The van der Waals surface area contributed by atoms with Gasteiger partial charge in [0.05, 0.1) is 24.3 Å². The van der Waals surface area contributed by atoms with E-state index in [1.165, 1.54) is 19.5 Å². The number of fused-ring (bicyclic) bond motifs is 1. The van der Waals surface area contributed by atoms with Gasteiger partial charge in [-0.1, -0.05) is 0 Å². The van der Waals surface area contributed by atoms with Gasteiger partial charge in [-0.05, 0) is 20.5 Å². The molecule has 0 radical (unpaired) electrons. The van der Waals surface area contributed by atoms with E-state index in [4.69, 9.17) is 4.74 Å². The fourth-order valence-electron chi connectivity index (χ4n) is 3.19. The van der Waals surface area contributed by atoms with E-state index in [0.717, 1.165) is 0 Å². The normalized spacial score (nSPS) is 51.2. The lowest BCUT2D eigenvalue weighted by atomic mass is 10.1. The lowest BCUT2D eigenvalue weighted by Crippen LogP contribution is -2.41. The van der Waals surface area contributed by atoms with E-state index >= 15 is 0 Å². The zero-order valence-electron chi connectivity index (χ0n) is 7.73. The quantitative estimate of drug-likeness (QED) is 0.538. The first-order chi connectivity index (χ1) is 5.77. The minimum atomic E-state index is 0.498. The predicted octanol–water partition coefficient (Wildman–Crippen LogP) is -0.228. The molecule has 3 aliphatic heterocycles. The van der Waals surface area contributed by atoms with Crippen molar-refractivity contribution < 1.29 is 4.74 Å². The van der Waals surface area contributed by atoms with E-state index in [9.17, 15) is 0 Å². The van der Waals surface area contributed by atoms with Gasteiger partial charge in [0.15, 0.2) is 0 Å². The zero-order chi connectivity index (χ0) is 8.29. The first-order valence-corrected chi connectivity index (χ1v) is 4.83. The largest absolute Gasteiger partial charge is 0.370 e. The maximum absolute atomic E-state index is 5.94. The molecule has 3 heterocycles. The summed E-state index contributed by atoms with van der Waals surface area (Å²) in [6, 6.07) is 1.38. The summed E-state index contributed by atoms with van der Waals surface area (Å²) in [5.74, 6) is 0. The molecule has 3 nitrogen and oxygen atoms in total. The first kappa shape index (κ1) is 7.30. The van der Waals surface area contributed by atoms with Crippen molar-refractivity contribution in [2.24, 2.45) is 0 Å². The van der Waals surface area contributed by atoms with E-state index in [0.29, 0.717) is 24.3 Å². The predicted molar refractivity (Wildman–Crippen MR) is 46.1 cm³/mol. The summed E-state index contributed by atoms with van der Waals surface area (Å²) in [4.78, 5) is 4.93. The third-order valence-corrected chi connectivity index (χ3v) is 3.59. The smallest absolute Gasteiger partial charge is 0.0877 e. The molecule has 3 aliphatic rings. The second-order valence-corrected chi connectivity index (χ2v) is 4.44. The minimum absolute atomic E-state index is 0.498. The highest BCUT2D eigenvalue weighted by molar-refractivity contribution is 5.11. The fraction of sp³-hybridized carbons (Fsp3) is 1.00. The van der Waals surface area contributed by atoms with Gasteiger partial charge < -0.3 is 9.64 Å². The average molecular weight is 168 g/mol. The zero-order valence-corrected chi connectivity index (χ0v) is 7.73. The molecule has 3 fully saturated rings. The van der Waals surface area contributed by atoms with Crippen molar-refractivity contribution in [2.45, 2.75) is 30.7 Å². The molecule has 12 heavy (non-hydrogen) atoms. The molecule has 0 N–H and O–H groups in total. The minimum Gasteiger partial charge on any atom is -0.370 e. The van der Waals surface area contributed by atoms with Gasteiger partial charge in [-0.2, -0.15) is 0 Å². The van der Waals surface area contributed by atoms with Crippen molar-refractivity contribution >= 4 is 0 Å². The standard InChI is InChI=1S/C9H16N2O/c1-10(2)8-7-5-11-4-3-6(12-7)9(8)11/h6-9H,3-5H2,1-2H3/t6-,7-,8-,9?/m0/s1. The number of morpholine rings is 1. The Kier molecular flexibility index (Phi) is 1.35. The second kappa shape index (κ2) is 2.22. The van der Waals surface area contributed by atoms with Crippen LogP contribution in [0.3, 0.4) is 0 Å². The van der Waals surface area contributed by atoms with E-state index in [1.54, 1.807) is 0 Å². The van der Waals surface area contributed by atoms with Gasteiger partial charge >= 0.3 is 0 Å². The monoisotopic (exact) mass is 168 g/mol. The molecule has 4 atom stereocenters. The lowest BCUT2D eigenvalue weighted by Gasteiger charge is -2.23. The van der Waals surface area contributed by atoms with Crippen LogP contribution >= 0.6 is 0 Å². The van der Waals surface area contributed by atoms with Crippen LogP contribution < -0.4 is 0 Å². The van der Waals surface area contributed by atoms with Crippen LogP contribution in [0.15, 0.2) is 0 Å². The van der Waals surface area contributed by atoms with Crippen molar-refractivity contribution in [1.82, 2.24) is 9.80 Å². The maximum atomic E-state index is 5.94. The van der Waals surface area contributed by atoms with Crippen molar-refractivity contribution in [1.29, 1.82) is 0 Å². The Balaban J connectivity index is 1.91. The molecule has 68 valence electrons.